The summed E-state index contributed by atoms with van der Waals surface area (Å²) >= 11 is 0. The number of carbonyl (C=O) groups excluding carboxylic acids is 1. The van der Waals surface area contributed by atoms with Crippen LogP contribution in [0.2, 0.25) is 0 Å². The summed E-state index contributed by atoms with van der Waals surface area (Å²) in [5.41, 5.74) is 1.67. The summed E-state index contributed by atoms with van der Waals surface area (Å²) in [6, 6.07) is 8.33. The SMILES string of the molecule is CNC(=O)CC1CN(S(=O)(=O)c2cccc(C)c2)Cc2ccnn21. The molecule has 128 valence electrons. The van der Waals surface area contributed by atoms with E-state index in [4.69, 9.17) is 0 Å². The number of sulfonamides is 1. The number of rotatable bonds is 4. The quantitative estimate of drug-likeness (QED) is 0.896. The molecule has 24 heavy (non-hydrogen) atoms. The maximum absolute atomic E-state index is 13.0. The molecule has 1 atom stereocenters. The molecule has 0 radical (unpaired) electrons. The van der Waals surface area contributed by atoms with E-state index >= 15 is 0 Å². The first kappa shape index (κ1) is 16.7. The largest absolute Gasteiger partial charge is 0.359 e. The second kappa shape index (κ2) is 6.37. The van der Waals surface area contributed by atoms with E-state index in [1.807, 2.05) is 13.0 Å². The van der Waals surface area contributed by atoms with Crippen LogP contribution in [-0.4, -0.2) is 42.0 Å². The Kier molecular flexibility index (Phi) is 4.42. The minimum atomic E-state index is -3.62. The number of benzene rings is 1. The standard InChI is InChI=1S/C16H20N4O3S/c1-12-4-3-5-15(8-12)24(22,23)19-10-13-6-7-18-20(13)14(11-19)9-16(21)17-2/h3-8,14H,9-11H2,1-2H3,(H,17,21). The molecule has 8 heteroatoms. The molecule has 2 aromatic rings. The van der Waals surface area contributed by atoms with E-state index in [1.54, 1.807) is 42.2 Å². The van der Waals surface area contributed by atoms with Crippen molar-refractivity contribution in [2.45, 2.75) is 30.8 Å². The van der Waals surface area contributed by atoms with Crippen LogP contribution in [0, 0.1) is 6.92 Å². The molecule has 1 amide bonds. The summed E-state index contributed by atoms with van der Waals surface area (Å²) in [5, 5.41) is 6.82. The first-order valence-electron chi connectivity index (χ1n) is 7.71. The number of hydrogen-bond acceptors (Lipinski definition) is 4. The van der Waals surface area contributed by atoms with Crippen LogP contribution >= 0.6 is 0 Å². The van der Waals surface area contributed by atoms with Gasteiger partial charge in [-0.05, 0) is 30.7 Å². The van der Waals surface area contributed by atoms with Gasteiger partial charge < -0.3 is 5.32 Å². The van der Waals surface area contributed by atoms with Crippen LogP contribution < -0.4 is 5.32 Å². The van der Waals surface area contributed by atoms with Crippen LogP contribution in [0.1, 0.15) is 23.7 Å². The minimum Gasteiger partial charge on any atom is -0.359 e. The van der Waals surface area contributed by atoms with Crippen LogP contribution in [0.25, 0.3) is 0 Å². The summed E-state index contributed by atoms with van der Waals surface area (Å²) in [5.74, 6) is -0.142. The van der Waals surface area contributed by atoms with Gasteiger partial charge in [0.2, 0.25) is 15.9 Å². The van der Waals surface area contributed by atoms with E-state index in [-0.39, 0.29) is 36.4 Å². The number of hydrogen-bond donors (Lipinski definition) is 1. The van der Waals surface area contributed by atoms with Gasteiger partial charge in [0.05, 0.1) is 29.6 Å². The van der Waals surface area contributed by atoms with Gasteiger partial charge in [-0.3, -0.25) is 9.48 Å². The van der Waals surface area contributed by atoms with Gasteiger partial charge in [0.25, 0.3) is 0 Å². The van der Waals surface area contributed by atoms with E-state index in [0.29, 0.717) is 0 Å². The number of carbonyl (C=O) groups is 1. The van der Waals surface area contributed by atoms with Crippen LogP contribution in [0.5, 0.6) is 0 Å². The van der Waals surface area contributed by atoms with E-state index in [0.717, 1.165) is 11.3 Å². The topological polar surface area (TPSA) is 84.3 Å². The van der Waals surface area contributed by atoms with Gasteiger partial charge in [-0.15, -0.1) is 0 Å². The molecular weight excluding hydrogens is 328 g/mol. The van der Waals surface area contributed by atoms with Crippen molar-refractivity contribution in [3.63, 3.8) is 0 Å². The maximum Gasteiger partial charge on any atom is 0.243 e. The molecule has 1 N–H and O–H groups in total. The monoisotopic (exact) mass is 348 g/mol. The van der Waals surface area contributed by atoms with Gasteiger partial charge >= 0.3 is 0 Å². The van der Waals surface area contributed by atoms with Crippen molar-refractivity contribution in [2.24, 2.45) is 0 Å². The van der Waals surface area contributed by atoms with E-state index in [2.05, 4.69) is 10.4 Å². The lowest BCUT2D eigenvalue weighted by atomic mass is 10.1. The Labute approximate surface area is 141 Å². The molecule has 1 aliphatic rings. The van der Waals surface area contributed by atoms with Crippen LogP contribution in [0.4, 0.5) is 0 Å². The van der Waals surface area contributed by atoms with E-state index < -0.39 is 10.0 Å². The number of fused-ring (bicyclic) bond motifs is 1. The molecule has 0 fully saturated rings. The summed E-state index contributed by atoms with van der Waals surface area (Å²) in [6.45, 7) is 2.33. The number of nitrogens with one attached hydrogen (secondary N) is 1. The third kappa shape index (κ3) is 3.07. The zero-order valence-electron chi connectivity index (χ0n) is 13.6. The Morgan fingerprint density at radius 3 is 2.88 bits per heavy atom. The molecule has 3 rings (SSSR count). The Bertz CT molecular complexity index is 860. The molecule has 0 bridgehead atoms. The molecule has 0 aliphatic carbocycles. The molecule has 1 aromatic heterocycles. The van der Waals surface area contributed by atoms with E-state index in [9.17, 15) is 13.2 Å². The van der Waals surface area contributed by atoms with Gasteiger partial charge in [0, 0.05) is 19.8 Å². The summed E-state index contributed by atoms with van der Waals surface area (Å²) in [4.78, 5) is 12.0. The second-order valence-electron chi connectivity index (χ2n) is 5.91. The van der Waals surface area contributed by atoms with Gasteiger partial charge in [-0.2, -0.15) is 9.40 Å². The predicted octanol–water partition coefficient (Wildman–Crippen LogP) is 1.07. The van der Waals surface area contributed by atoms with Gasteiger partial charge in [-0.1, -0.05) is 12.1 Å². The number of amides is 1. The van der Waals surface area contributed by atoms with Crippen molar-refractivity contribution in [1.29, 1.82) is 0 Å². The lowest BCUT2D eigenvalue weighted by Gasteiger charge is -2.32. The zero-order chi connectivity index (χ0) is 17.3. The average Bonchev–Trinajstić information content (AvgIpc) is 3.03. The van der Waals surface area contributed by atoms with Crippen LogP contribution in [0.3, 0.4) is 0 Å². The Morgan fingerprint density at radius 1 is 1.38 bits per heavy atom. The molecule has 0 saturated heterocycles. The third-order valence-electron chi connectivity index (χ3n) is 4.18. The highest BCUT2D eigenvalue weighted by Gasteiger charge is 2.34. The van der Waals surface area contributed by atoms with Gasteiger partial charge in [0.15, 0.2) is 0 Å². The highest BCUT2D eigenvalue weighted by Crippen LogP contribution is 2.28. The van der Waals surface area contributed by atoms with Gasteiger partial charge in [-0.25, -0.2) is 8.42 Å². The van der Waals surface area contributed by atoms with Crippen LogP contribution in [-0.2, 0) is 21.4 Å². The number of aryl methyl sites for hydroxylation is 1. The first-order valence-corrected chi connectivity index (χ1v) is 9.15. The average molecular weight is 348 g/mol. The lowest BCUT2D eigenvalue weighted by Crippen LogP contribution is -2.42. The molecule has 1 unspecified atom stereocenters. The normalized spacial score (nSPS) is 18.2. The Morgan fingerprint density at radius 2 is 2.17 bits per heavy atom. The number of aromatic nitrogens is 2. The van der Waals surface area contributed by atoms with Crippen molar-refractivity contribution in [3.05, 3.63) is 47.8 Å². The predicted molar refractivity (Wildman–Crippen MR) is 88.7 cm³/mol. The van der Waals surface area contributed by atoms with E-state index in [1.165, 1.54) is 4.31 Å². The van der Waals surface area contributed by atoms with Gasteiger partial charge in [0.1, 0.15) is 0 Å². The fourth-order valence-electron chi connectivity index (χ4n) is 2.93. The fourth-order valence-corrected chi connectivity index (χ4v) is 4.48. The highest BCUT2D eigenvalue weighted by atomic mass is 32.2. The molecule has 1 aliphatic heterocycles. The fraction of sp³-hybridized carbons (Fsp3) is 0.375. The number of nitrogens with zero attached hydrogens (tertiary/aromatic N) is 3. The maximum atomic E-state index is 13.0. The van der Waals surface area contributed by atoms with Crippen molar-refractivity contribution in [2.75, 3.05) is 13.6 Å². The second-order valence-corrected chi connectivity index (χ2v) is 7.85. The summed E-state index contributed by atoms with van der Waals surface area (Å²) in [6.07, 6.45) is 1.82. The third-order valence-corrected chi connectivity index (χ3v) is 5.99. The highest BCUT2D eigenvalue weighted by molar-refractivity contribution is 7.89. The Balaban J connectivity index is 1.94. The van der Waals surface area contributed by atoms with Crippen LogP contribution in [0.15, 0.2) is 41.4 Å². The summed E-state index contributed by atoms with van der Waals surface area (Å²) < 4.78 is 29.1. The smallest absolute Gasteiger partial charge is 0.243 e. The molecule has 7 nitrogen and oxygen atoms in total. The van der Waals surface area contributed by atoms with Crippen molar-refractivity contribution in [3.8, 4) is 0 Å². The minimum absolute atomic E-state index is 0.142. The lowest BCUT2D eigenvalue weighted by molar-refractivity contribution is -0.121. The van der Waals surface area contributed by atoms with Crippen molar-refractivity contribution in [1.82, 2.24) is 19.4 Å². The molecule has 1 aromatic carbocycles. The first-order chi connectivity index (χ1) is 11.4. The molecule has 0 saturated carbocycles. The molecule has 2 heterocycles. The molecule has 0 spiro atoms. The molecular formula is C16H20N4O3S. The van der Waals surface area contributed by atoms with Crippen molar-refractivity contribution >= 4 is 15.9 Å². The summed E-state index contributed by atoms with van der Waals surface area (Å²) in [7, 11) is -2.05. The van der Waals surface area contributed by atoms with Crippen molar-refractivity contribution < 1.29 is 13.2 Å². The Hall–Kier alpha value is -2.19. The zero-order valence-corrected chi connectivity index (χ0v) is 14.5.